The smallest absolute Gasteiger partial charge is 0.288 e. The molecule has 1 heterocycles. The summed E-state index contributed by atoms with van der Waals surface area (Å²) in [6.07, 6.45) is 0. The molecule has 2 atom stereocenters. The Morgan fingerprint density at radius 3 is 2.79 bits per heavy atom. The molecule has 2 unspecified atom stereocenters. The van der Waals surface area contributed by atoms with Crippen molar-refractivity contribution >= 4 is 23.4 Å². The summed E-state index contributed by atoms with van der Waals surface area (Å²) < 4.78 is 24.9. The van der Waals surface area contributed by atoms with E-state index in [-0.39, 0.29) is 17.7 Å². The number of halogens is 2. The van der Waals surface area contributed by atoms with E-state index in [0.29, 0.717) is 28.9 Å². The van der Waals surface area contributed by atoms with E-state index in [1.165, 1.54) is 0 Å². The van der Waals surface area contributed by atoms with Gasteiger partial charge in [-0.3, -0.25) is 4.79 Å². The van der Waals surface area contributed by atoms with E-state index in [1.807, 2.05) is 6.92 Å². The largest absolute Gasteiger partial charge is 0.325 e. The van der Waals surface area contributed by atoms with Crippen LogP contribution in [0.2, 0.25) is 0 Å². The van der Waals surface area contributed by atoms with Gasteiger partial charge in [0.2, 0.25) is 5.91 Å². The summed E-state index contributed by atoms with van der Waals surface area (Å²) in [5.74, 6) is -2.45. The van der Waals surface area contributed by atoms with Gasteiger partial charge in [-0.2, -0.15) is 8.78 Å². The average molecular weight is 286 g/mol. The highest BCUT2D eigenvalue weighted by atomic mass is 32.2. The fourth-order valence-electron chi connectivity index (χ4n) is 2.16. The zero-order valence-electron chi connectivity index (χ0n) is 10.5. The second-order valence-corrected chi connectivity index (χ2v) is 5.64. The van der Waals surface area contributed by atoms with Crippen LogP contribution in [-0.4, -0.2) is 24.8 Å². The van der Waals surface area contributed by atoms with Crippen LogP contribution in [0, 0.1) is 11.8 Å². The van der Waals surface area contributed by atoms with E-state index < -0.39 is 5.76 Å². The van der Waals surface area contributed by atoms with Gasteiger partial charge in [0, 0.05) is 11.4 Å². The number of hydrogen-bond donors (Lipinski definition) is 2. The van der Waals surface area contributed by atoms with Crippen LogP contribution in [0.15, 0.2) is 29.2 Å². The Morgan fingerprint density at radius 2 is 2.16 bits per heavy atom. The molecule has 0 aromatic heterocycles. The first-order valence-corrected chi connectivity index (χ1v) is 7.01. The minimum absolute atomic E-state index is 0.107. The van der Waals surface area contributed by atoms with Gasteiger partial charge in [0.25, 0.3) is 5.76 Å². The monoisotopic (exact) mass is 286 g/mol. The summed E-state index contributed by atoms with van der Waals surface area (Å²) in [6, 6.07) is 6.64. The molecule has 0 aliphatic carbocycles. The number of nitrogens with one attached hydrogen (secondary N) is 2. The maximum absolute atomic E-state index is 12.4. The van der Waals surface area contributed by atoms with E-state index in [2.05, 4.69) is 10.6 Å². The van der Waals surface area contributed by atoms with Crippen LogP contribution in [0.3, 0.4) is 0 Å². The Morgan fingerprint density at radius 1 is 1.42 bits per heavy atom. The first-order valence-electron chi connectivity index (χ1n) is 6.13. The number of para-hydroxylation sites is 1. The van der Waals surface area contributed by atoms with Gasteiger partial charge in [-0.1, -0.05) is 30.8 Å². The van der Waals surface area contributed by atoms with E-state index in [0.717, 1.165) is 6.54 Å². The average Bonchev–Trinajstić information content (AvgIpc) is 2.77. The van der Waals surface area contributed by atoms with Crippen molar-refractivity contribution in [1.82, 2.24) is 5.32 Å². The SMILES string of the molecule is CC1CNCC1C(=O)Nc1ccccc1SC(F)F. The Labute approximate surface area is 115 Å². The first kappa shape index (κ1) is 14.3. The van der Waals surface area contributed by atoms with Crippen molar-refractivity contribution < 1.29 is 13.6 Å². The Hall–Kier alpha value is -1.14. The zero-order valence-corrected chi connectivity index (χ0v) is 11.3. The van der Waals surface area contributed by atoms with E-state index in [4.69, 9.17) is 0 Å². The minimum Gasteiger partial charge on any atom is -0.325 e. The van der Waals surface area contributed by atoms with E-state index in [1.54, 1.807) is 24.3 Å². The van der Waals surface area contributed by atoms with Crippen LogP contribution < -0.4 is 10.6 Å². The number of carbonyl (C=O) groups excluding carboxylic acids is 1. The molecule has 0 spiro atoms. The lowest BCUT2D eigenvalue weighted by molar-refractivity contribution is -0.120. The second kappa shape index (κ2) is 6.34. The topological polar surface area (TPSA) is 41.1 Å². The van der Waals surface area contributed by atoms with Crippen molar-refractivity contribution in [3.8, 4) is 0 Å². The molecule has 104 valence electrons. The number of carbonyl (C=O) groups is 1. The quantitative estimate of drug-likeness (QED) is 0.836. The standard InChI is InChI=1S/C13H16F2N2OS/c1-8-6-16-7-9(8)12(18)17-10-4-2-3-5-11(10)19-13(14)15/h2-5,8-9,13,16H,6-7H2,1H3,(H,17,18). The van der Waals surface area contributed by atoms with Crippen molar-refractivity contribution in [2.24, 2.45) is 11.8 Å². The van der Waals surface area contributed by atoms with Crippen molar-refractivity contribution in [1.29, 1.82) is 0 Å². The third kappa shape index (κ3) is 3.67. The molecule has 0 radical (unpaired) electrons. The van der Waals surface area contributed by atoms with Crippen molar-refractivity contribution in [2.45, 2.75) is 17.6 Å². The molecular formula is C13H16F2N2OS. The van der Waals surface area contributed by atoms with Crippen molar-refractivity contribution in [3.05, 3.63) is 24.3 Å². The summed E-state index contributed by atoms with van der Waals surface area (Å²) in [4.78, 5) is 12.5. The van der Waals surface area contributed by atoms with Gasteiger partial charge < -0.3 is 10.6 Å². The third-order valence-electron chi connectivity index (χ3n) is 3.22. The lowest BCUT2D eigenvalue weighted by Gasteiger charge is -2.16. The fraction of sp³-hybridized carbons (Fsp3) is 0.462. The van der Waals surface area contributed by atoms with Crippen LogP contribution in [0.1, 0.15) is 6.92 Å². The van der Waals surface area contributed by atoms with Crippen molar-refractivity contribution in [3.63, 3.8) is 0 Å². The summed E-state index contributed by atoms with van der Waals surface area (Å²) in [5.41, 5.74) is 0.455. The molecule has 0 saturated carbocycles. The molecule has 19 heavy (non-hydrogen) atoms. The van der Waals surface area contributed by atoms with Crippen LogP contribution in [0.5, 0.6) is 0 Å². The van der Waals surface area contributed by atoms with Crippen LogP contribution in [0.4, 0.5) is 14.5 Å². The van der Waals surface area contributed by atoms with Gasteiger partial charge in [-0.05, 0) is 24.6 Å². The zero-order chi connectivity index (χ0) is 13.8. The minimum atomic E-state index is -2.50. The number of rotatable bonds is 4. The maximum Gasteiger partial charge on any atom is 0.288 e. The van der Waals surface area contributed by atoms with Gasteiger partial charge in [-0.25, -0.2) is 0 Å². The third-order valence-corrected chi connectivity index (χ3v) is 4.00. The molecule has 1 aliphatic rings. The first-order chi connectivity index (χ1) is 9.08. The predicted octanol–water partition coefficient (Wildman–Crippen LogP) is 2.80. The normalized spacial score (nSPS) is 22.7. The lowest BCUT2D eigenvalue weighted by atomic mass is 9.97. The van der Waals surface area contributed by atoms with Gasteiger partial charge >= 0.3 is 0 Å². The number of thioether (sulfide) groups is 1. The Bertz CT molecular complexity index is 456. The molecule has 0 bridgehead atoms. The molecule has 1 amide bonds. The number of anilines is 1. The molecule has 3 nitrogen and oxygen atoms in total. The molecule has 1 aromatic rings. The summed E-state index contributed by atoms with van der Waals surface area (Å²) in [5, 5.41) is 5.90. The highest BCUT2D eigenvalue weighted by Crippen LogP contribution is 2.32. The second-order valence-electron chi connectivity index (χ2n) is 4.61. The molecule has 1 aromatic carbocycles. The molecule has 1 aliphatic heterocycles. The molecule has 1 saturated heterocycles. The van der Waals surface area contributed by atoms with Crippen LogP contribution >= 0.6 is 11.8 Å². The highest BCUT2D eigenvalue weighted by Gasteiger charge is 2.29. The predicted molar refractivity (Wildman–Crippen MR) is 72.5 cm³/mol. The van der Waals surface area contributed by atoms with Crippen molar-refractivity contribution in [2.75, 3.05) is 18.4 Å². The van der Waals surface area contributed by atoms with Crippen LogP contribution in [0.25, 0.3) is 0 Å². The number of benzene rings is 1. The molecule has 2 N–H and O–H groups in total. The van der Waals surface area contributed by atoms with Gasteiger partial charge in [0.1, 0.15) is 0 Å². The molecule has 2 rings (SSSR count). The molecular weight excluding hydrogens is 270 g/mol. The number of hydrogen-bond acceptors (Lipinski definition) is 3. The maximum atomic E-state index is 12.4. The lowest BCUT2D eigenvalue weighted by Crippen LogP contribution is -2.28. The summed E-state index contributed by atoms with van der Waals surface area (Å²) in [7, 11) is 0. The van der Waals surface area contributed by atoms with E-state index >= 15 is 0 Å². The summed E-state index contributed by atoms with van der Waals surface area (Å²) >= 11 is 0.447. The van der Waals surface area contributed by atoms with Gasteiger partial charge in [-0.15, -0.1) is 0 Å². The number of alkyl halides is 2. The molecule has 1 fully saturated rings. The molecule has 6 heteroatoms. The Kier molecular flexibility index (Phi) is 4.76. The Balaban J connectivity index is 2.08. The number of amides is 1. The fourth-order valence-corrected chi connectivity index (χ4v) is 2.75. The van der Waals surface area contributed by atoms with Crippen LogP contribution in [-0.2, 0) is 4.79 Å². The van der Waals surface area contributed by atoms with Gasteiger partial charge in [0.15, 0.2) is 0 Å². The summed E-state index contributed by atoms with van der Waals surface area (Å²) in [6.45, 7) is 3.45. The van der Waals surface area contributed by atoms with E-state index in [9.17, 15) is 13.6 Å². The highest BCUT2D eigenvalue weighted by molar-refractivity contribution is 7.99. The van der Waals surface area contributed by atoms with Gasteiger partial charge in [0.05, 0.1) is 11.6 Å².